The first-order valence-corrected chi connectivity index (χ1v) is 9.38. The predicted molar refractivity (Wildman–Crippen MR) is 97.2 cm³/mol. The predicted octanol–water partition coefficient (Wildman–Crippen LogP) is 3.99. The molecule has 1 heterocycles. The molecule has 0 radical (unpaired) electrons. The number of rotatable bonds is 7. The Balaban J connectivity index is 1.65. The zero-order chi connectivity index (χ0) is 17.6. The Hall–Kier alpha value is -2.15. The second kappa shape index (κ2) is 8.29. The molecular weight excluding hydrogens is 339 g/mol. The van der Waals surface area contributed by atoms with Gasteiger partial charge in [0.1, 0.15) is 11.6 Å². The fourth-order valence-corrected chi connectivity index (χ4v) is 3.83. The van der Waals surface area contributed by atoms with Crippen LogP contribution in [0.15, 0.2) is 42.1 Å². The number of nitrogens with one attached hydrogen (secondary N) is 1. The molecule has 1 aliphatic rings. The lowest BCUT2D eigenvalue weighted by molar-refractivity contribution is -0.113. The van der Waals surface area contributed by atoms with E-state index in [1.807, 2.05) is 10.6 Å². The summed E-state index contributed by atoms with van der Waals surface area (Å²) < 4.78 is 15.6. The zero-order valence-electron chi connectivity index (χ0n) is 13.9. The Morgan fingerprint density at radius 1 is 1.36 bits per heavy atom. The summed E-state index contributed by atoms with van der Waals surface area (Å²) in [6, 6.07) is 6.12. The van der Waals surface area contributed by atoms with E-state index in [9.17, 15) is 9.18 Å². The quantitative estimate of drug-likeness (QED) is 0.599. The number of aromatic nitrogens is 3. The lowest BCUT2D eigenvalue weighted by atomic mass is 10.1. The molecule has 0 unspecified atom stereocenters. The van der Waals surface area contributed by atoms with Gasteiger partial charge in [0.2, 0.25) is 5.91 Å². The van der Waals surface area contributed by atoms with Crippen LogP contribution in [0, 0.1) is 5.82 Å². The van der Waals surface area contributed by atoms with Gasteiger partial charge < -0.3 is 9.88 Å². The van der Waals surface area contributed by atoms with Gasteiger partial charge in [0, 0.05) is 12.5 Å². The first-order valence-electron chi connectivity index (χ1n) is 8.40. The lowest BCUT2D eigenvalue weighted by Gasteiger charge is -2.12. The monoisotopic (exact) mass is 360 g/mol. The van der Waals surface area contributed by atoms with Crippen LogP contribution in [0.2, 0.25) is 0 Å². The fraction of sp³-hybridized carbons (Fsp3) is 0.389. The molecule has 2 aromatic rings. The van der Waals surface area contributed by atoms with Crippen molar-refractivity contribution in [1.82, 2.24) is 14.8 Å². The highest BCUT2D eigenvalue weighted by Gasteiger charge is 2.24. The number of hydrogen-bond acceptors (Lipinski definition) is 4. The van der Waals surface area contributed by atoms with Crippen molar-refractivity contribution >= 4 is 23.4 Å². The van der Waals surface area contributed by atoms with E-state index >= 15 is 0 Å². The van der Waals surface area contributed by atoms with Crippen LogP contribution in [0.4, 0.5) is 10.1 Å². The van der Waals surface area contributed by atoms with Gasteiger partial charge in [0.05, 0.1) is 11.4 Å². The summed E-state index contributed by atoms with van der Waals surface area (Å²) in [5, 5.41) is 11.9. The van der Waals surface area contributed by atoms with Gasteiger partial charge in [-0.15, -0.1) is 16.8 Å². The number of thioether (sulfide) groups is 1. The summed E-state index contributed by atoms with van der Waals surface area (Å²) in [6.07, 6.45) is 6.52. The molecule has 3 rings (SSSR count). The molecular formula is C18H21FN4OS. The van der Waals surface area contributed by atoms with Gasteiger partial charge >= 0.3 is 0 Å². The third kappa shape index (κ3) is 4.28. The maximum absolute atomic E-state index is 13.6. The minimum atomic E-state index is -0.445. The van der Waals surface area contributed by atoms with Crippen LogP contribution in [-0.4, -0.2) is 26.4 Å². The molecule has 0 bridgehead atoms. The normalized spacial score (nSPS) is 14.6. The van der Waals surface area contributed by atoms with E-state index in [0.717, 1.165) is 18.7 Å². The average molecular weight is 360 g/mol. The molecule has 1 aromatic carbocycles. The fourth-order valence-electron chi connectivity index (χ4n) is 3.07. The number of para-hydroxylation sites is 1. The van der Waals surface area contributed by atoms with Crippen LogP contribution in [0.5, 0.6) is 0 Å². The molecule has 1 saturated carbocycles. The van der Waals surface area contributed by atoms with Crippen LogP contribution in [0.1, 0.15) is 37.4 Å². The molecule has 7 heteroatoms. The van der Waals surface area contributed by atoms with Crippen molar-refractivity contribution in [3.63, 3.8) is 0 Å². The molecule has 25 heavy (non-hydrogen) atoms. The van der Waals surface area contributed by atoms with Gasteiger partial charge in [-0.2, -0.15) is 0 Å². The van der Waals surface area contributed by atoms with Crippen molar-refractivity contribution in [3.05, 3.63) is 48.6 Å². The van der Waals surface area contributed by atoms with Crippen molar-refractivity contribution in [2.45, 2.75) is 43.3 Å². The number of benzene rings is 1. The Morgan fingerprint density at radius 3 is 2.84 bits per heavy atom. The van der Waals surface area contributed by atoms with Gasteiger partial charge in [-0.3, -0.25) is 4.79 Å². The molecule has 1 N–H and O–H groups in total. The molecule has 1 amide bonds. The number of anilines is 1. The SMILES string of the molecule is C=CCn1c(SCC(=O)Nc2ccccc2F)nnc1C1CCCC1. The van der Waals surface area contributed by atoms with Crippen LogP contribution in [0.25, 0.3) is 0 Å². The highest BCUT2D eigenvalue weighted by atomic mass is 32.2. The Labute approximate surface area is 150 Å². The van der Waals surface area contributed by atoms with E-state index in [-0.39, 0.29) is 17.3 Å². The lowest BCUT2D eigenvalue weighted by Crippen LogP contribution is -2.15. The largest absolute Gasteiger partial charge is 0.323 e. The summed E-state index contributed by atoms with van der Waals surface area (Å²) in [7, 11) is 0. The molecule has 0 saturated heterocycles. The number of nitrogens with zero attached hydrogens (tertiary/aromatic N) is 3. The minimum absolute atomic E-state index is 0.147. The van der Waals surface area contributed by atoms with E-state index in [0.29, 0.717) is 17.6 Å². The Morgan fingerprint density at radius 2 is 2.12 bits per heavy atom. The first kappa shape index (κ1) is 17.7. The Bertz CT molecular complexity index is 755. The van der Waals surface area contributed by atoms with Gasteiger partial charge in [-0.25, -0.2) is 4.39 Å². The van der Waals surface area contributed by atoms with Crippen LogP contribution < -0.4 is 5.32 Å². The molecule has 1 aliphatic carbocycles. The summed E-state index contributed by atoms with van der Waals surface area (Å²) in [5.74, 6) is 0.849. The van der Waals surface area contributed by atoms with E-state index in [2.05, 4.69) is 22.1 Å². The number of amides is 1. The molecule has 0 atom stereocenters. The molecule has 132 valence electrons. The number of halogens is 1. The van der Waals surface area contributed by atoms with Crippen LogP contribution in [-0.2, 0) is 11.3 Å². The van der Waals surface area contributed by atoms with Gasteiger partial charge in [0.25, 0.3) is 0 Å². The third-order valence-corrected chi connectivity index (χ3v) is 5.22. The topological polar surface area (TPSA) is 59.8 Å². The summed E-state index contributed by atoms with van der Waals surface area (Å²) in [6.45, 7) is 4.42. The number of carbonyl (C=O) groups is 1. The molecule has 1 fully saturated rings. The Kier molecular flexibility index (Phi) is 5.86. The molecule has 0 spiro atoms. The second-order valence-corrected chi connectivity index (χ2v) is 6.98. The minimum Gasteiger partial charge on any atom is -0.323 e. The maximum Gasteiger partial charge on any atom is 0.234 e. The van der Waals surface area contributed by atoms with Gasteiger partial charge in [0.15, 0.2) is 5.16 Å². The van der Waals surface area contributed by atoms with Crippen LogP contribution in [0.3, 0.4) is 0 Å². The van der Waals surface area contributed by atoms with Crippen molar-refractivity contribution in [1.29, 1.82) is 0 Å². The van der Waals surface area contributed by atoms with Gasteiger partial charge in [-0.1, -0.05) is 42.8 Å². The van der Waals surface area contributed by atoms with E-state index < -0.39 is 5.82 Å². The standard InChI is InChI=1S/C18H21FN4OS/c1-2-11-23-17(13-7-3-4-8-13)21-22-18(23)25-12-16(24)20-15-10-6-5-9-14(15)19/h2,5-6,9-10,13H,1,3-4,7-8,11-12H2,(H,20,24). The molecule has 0 aliphatic heterocycles. The van der Waals surface area contributed by atoms with Crippen LogP contribution >= 0.6 is 11.8 Å². The highest BCUT2D eigenvalue weighted by Crippen LogP contribution is 2.34. The number of allylic oxidation sites excluding steroid dienone is 1. The summed E-state index contributed by atoms with van der Waals surface area (Å²) >= 11 is 1.31. The zero-order valence-corrected chi connectivity index (χ0v) is 14.8. The van der Waals surface area contributed by atoms with E-state index in [1.165, 1.54) is 36.7 Å². The van der Waals surface area contributed by atoms with Crippen molar-refractivity contribution in [3.8, 4) is 0 Å². The summed E-state index contributed by atoms with van der Waals surface area (Å²) in [5.41, 5.74) is 0.187. The van der Waals surface area contributed by atoms with Crippen molar-refractivity contribution in [2.24, 2.45) is 0 Å². The smallest absolute Gasteiger partial charge is 0.234 e. The highest BCUT2D eigenvalue weighted by molar-refractivity contribution is 7.99. The number of hydrogen-bond donors (Lipinski definition) is 1. The molecule has 1 aromatic heterocycles. The van der Waals surface area contributed by atoms with E-state index in [1.54, 1.807) is 12.1 Å². The maximum atomic E-state index is 13.6. The summed E-state index contributed by atoms with van der Waals surface area (Å²) in [4.78, 5) is 12.1. The van der Waals surface area contributed by atoms with Gasteiger partial charge in [-0.05, 0) is 25.0 Å². The number of carbonyl (C=O) groups excluding carboxylic acids is 1. The van der Waals surface area contributed by atoms with Crippen molar-refractivity contribution in [2.75, 3.05) is 11.1 Å². The first-order chi connectivity index (χ1) is 12.2. The average Bonchev–Trinajstić information content (AvgIpc) is 3.25. The van der Waals surface area contributed by atoms with E-state index in [4.69, 9.17) is 0 Å². The molecule has 5 nitrogen and oxygen atoms in total. The van der Waals surface area contributed by atoms with Crippen molar-refractivity contribution < 1.29 is 9.18 Å². The third-order valence-electron chi connectivity index (χ3n) is 4.26. The second-order valence-electron chi connectivity index (χ2n) is 6.04.